The highest BCUT2D eigenvalue weighted by atomic mass is 32.2. The van der Waals surface area contributed by atoms with Gasteiger partial charge in [0.2, 0.25) is 10.0 Å². The van der Waals surface area contributed by atoms with Crippen LogP contribution < -0.4 is 4.72 Å². The molecule has 0 aliphatic heterocycles. The molecule has 1 rings (SSSR count). The highest BCUT2D eigenvalue weighted by Crippen LogP contribution is 2.30. The van der Waals surface area contributed by atoms with Crippen LogP contribution in [0.2, 0.25) is 0 Å². The van der Waals surface area contributed by atoms with Gasteiger partial charge in [0.1, 0.15) is 0 Å². The van der Waals surface area contributed by atoms with Crippen LogP contribution in [0.5, 0.6) is 0 Å². The minimum atomic E-state index is -3.67. The Balaban J connectivity index is 3.18. The maximum Gasteiger partial charge on any atom is 0.249 e. The Kier molecular flexibility index (Phi) is 4.59. The van der Waals surface area contributed by atoms with Crippen molar-refractivity contribution < 1.29 is 8.42 Å². The van der Waals surface area contributed by atoms with Crippen molar-refractivity contribution in [2.24, 2.45) is 0 Å². The van der Waals surface area contributed by atoms with Gasteiger partial charge in [0.05, 0.1) is 11.8 Å². The van der Waals surface area contributed by atoms with E-state index in [1.165, 1.54) is 0 Å². The average molecular weight is 280 g/mol. The molecular formula is C14H20N2O2S. The average Bonchev–Trinajstić information content (AvgIpc) is 2.28. The Hall–Kier alpha value is -1.54. The van der Waals surface area contributed by atoms with E-state index in [-0.39, 0.29) is 11.8 Å². The van der Waals surface area contributed by atoms with E-state index in [0.717, 1.165) is 5.56 Å². The van der Waals surface area contributed by atoms with E-state index in [0.29, 0.717) is 5.69 Å². The quantitative estimate of drug-likeness (QED) is 0.921. The topological polar surface area (TPSA) is 70.0 Å². The van der Waals surface area contributed by atoms with Crippen LogP contribution in [0.1, 0.15) is 39.7 Å². The molecular weight excluding hydrogens is 260 g/mol. The van der Waals surface area contributed by atoms with Gasteiger partial charge in [-0.1, -0.05) is 45.9 Å². The summed E-state index contributed by atoms with van der Waals surface area (Å²) >= 11 is 0. The summed E-state index contributed by atoms with van der Waals surface area (Å²) in [5.74, 6) is 0. The van der Waals surface area contributed by atoms with Crippen molar-refractivity contribution in [1.29, 1.82) is 5.26 Å². The smallest absolute Gasteiger partial charge is 0.249 e. The number of rotatable bonds is 4. The number of nitrogens with one attached hydrogen (secondary N) is 1. The Labute approximate surface area is 115 Å². The summed E-state index contributed by atoms with van der Waals surface area (Å²) < 4.78 is 26.8. The zero-order chi connectivity index (χ0) is 14.7. The van der Waals surface area contributed by atoms with Gasteiger partial charge >= 0.3 is 0 Å². The lowest BCUT2D eigenvalue weighted by Crippen LogP contribution is -2.27. The molecule has 1 N–H and O–H groups in total. The van der Waals surface area contributed by atoms with E-state index in [1.807, 2.05) is 39.0 Å². The molecule has 0 amide bonds. The van der Waals surface area contributed by atoms with Gasteiger partial charge in [0, 0.05) is 0 Å². The Morgan fingerprint density at radius 3 is 2.37 bits per heavy atom. The van der Waals surface area contributed by atoms with Gasteiger partial charge in [-0.25, -0.2) is 8.42 Å². The van der Waals surface area contributed by atoms with Crippen molar-refractivity contribution >= 4 is 15.7 Å². The van der Waals surface area contributed by atoms with Crippen molar-refractivity contribution in [1.82, 2.24) is 0 Å². The molecule has 0 saturated heterocycles. The second kappa shape index (κ2) is 5.62. The number of benzene rings is 1. The molecule has 1 aromatic carbocycles. The predicted octanol–water partition coefficient (Wildman–Crippen LogP) is 3.03. The normalized spacial score (nSPS) is 13.6. The fourth-order valence-electron chi connectivity index (χ4n) is 1.83. The zero-order valence-electron chi connectivity index (χ0n) is 11.8. The van der Waals surface area contributed by atoms with Gasteiger partial charge in [0.25, 0.3) is 0 Å². The number of para-hydroxylation sites is 1. The molecule has 0 saturated carbocycles. The Morgan fingerprint density at radius 1 is 1.32 bits per heavy atom. The van der Waals surface area contributed by atoms with Crippen molar-refractivity contribution in [2.45, 2.75) is 44.8 Å². The lowest BCUT2D eigenvalue weighted by Gasteiger charge is -2.23. The summed E-state index contributed by atoms with van der Waals surface area (Å²) in [5, 5.41) is 7.87. The van der Waals surface area contributed by atoms with Crippen LogP contribution in [-0.2, 0) is 15.4 Å². The Bertz CT molecular complexity index is 580. The van der Waals surface area contributed by atoms with Crippen molar-refractivity contribution in [3.05, 3.63) is 29.8 Å². The lowest BCUT2D eigenvalue weighted by molar-refractivity contribution is 0.587. The molecule has 5 heteroatoms. The van der Waals surface area contributed by atoms with Gasteiger partial charge in [-0.3, -0.25) is 4.72 Å². The third-order valence-electron chi connectivity index (χ3n) is 2.88. The van der Waals surface area contributed by atoms with Crippen LogP contribution in [0, 0.1) is 11.3 Å². The molecule has 0 aromatic heterocycles. The standard InChI is InChI=1S/C14H20N2O2S/c1-5-11(10-15)19(17,18)16-13-9-7-6-8-12(13)14(2,3)4/h6-9,11,16H,5H2,1-4H3. The number of hydrogen-bond donors (Lipinski definition) is 1. The first-order chi connectivity index (χ1) is 8.72. The maximum atomic E-state index is 12.1. The molecule has 0 aliphatic carbocycles. The van der Waals surface area contributed by atoms with Gasteiger partial charge in [-0.2, -0.15) is 5.26 Å². The number of nitrogens with zero attached hydrogens (tertiary/aromatic N) is 1. The highest BCUT2D eigenvalue weighted by Gasteiger charge is 2.26. The lowest BCUT2D eigenvalue weighted by atomic mass is 9.86. The molecule has 19 heavy (non-hydrogen) atoms. The van der Waals surface area contributed by atoms with E-state index in [9.17, 15) is 8.42 Å². The van der Waals surface area contributed by atoms with Crippen molar-refractivity contribution in [3.8, 4) is 6.07 Å². The maximum absolute atomic E-state index is 12.1. The summed E-state index contributed by atoms with van der Waals surface area (Å²) in [6.45, 7) is 7.73. The van der Waals surface area contributed by atoms with Crippen LogP contribution in [0.15, 0.2) is 24.3 Å². The number of hydrogen-bond acceptors (Lipinski definition) is 3. The number of anilines is 1. The minimum Gasteiger partial charge on any atom is -0.282 e. The van der Waals surface area contributed by atoms with E-state index >= 15 is 0 Å². The first-order valence-electron chi connectivity index (χ1n) is 6.23. The van der Waals surface area contributed by atoms with Crippen molar-refractivity contribution in [2.75, 3.05) is 4.72 Å². The second-order valence-electron chi connectivity index (χ2n) is 5.47. The summed E-state index contributed by atoms with van der Waals surface area (Å²) in [4.78, 5) is 0. The van der Waals surface area contributed by atoms with Crippen molar-refractivity contribution in [3.63, 3.8) is 0 Å². The largest absolute Gasteiger partial charge is 0.282 e. The molecule has 0 heterocycles. The molecule has 104 valence electrons. The molecule has 0 fully saturated rings. The molecule has 1 unspecified atom stereocenters. The molecule has 0 spiro atoms. The van der Waals surface area contributed by atoms with E-state index in [2.05, 4.69) is 4.72 Å². The third kappa shape index (κ3) is 3.71. The van der Waals surface area contributed by atoms with Crippen LogP contribution >= 0.6 is 0 Å². The van der Waals surface area contributed by atoms with E-state index < -0.39 is 15.3 Å². The summed E-state index contributed by atoms with van der Waals surface area (Å²) in [6.07, 6.45) is 0.267. The molecule has 0 bridgehead atoms. The summed E-state index contributed by atoms with van der Waals surface area (Å²) in [5.41, 5.74) is 1.28. The molecule has 4 nitrogen and oxygen atoms in total. The molecule has 1 aromatic rings. The van der Waals surface area contributed by atoms with E-state index in [4.69, 9.17) is 5.26 Å². The Morgan fingerprint density at radius 2 is 1.89 bits per heavy atom. The molecule has 0 radical (unpaired) electrons. The van der Waals surface area contributed by atoms with Crippen LogP contribution in [0.25, 0.3) is 0 Å². The molecule has 0 aliphatic rings. The zero-order valence-corrected chi connectivity index (χ0v) is 12.6. The first kappa shape index (κ1) is 15.5. The molecule has 1 atom stereocenters. The third-order valence-corrected chi connectivity index (χ3v) is 4.57. The SMILES string of the molecule is CCC(C#N)S(=O)(=O)Nc1ccccc1C(C)(C)C. The summed E-state index contributed by atoms with van der Waals surface area (Å²) in [6, 6.07) is 9.09. The van der Waals surface area contributed by atoms with Crippen LogP contribution in [0.3, 0.4) is 0 Å². The fourth-order valence-corrected chi connectivity index (χ4v) is 3.03. The number of sulfonamides is 1. The highest BCUT2D eigenvalue weighted by molar-refractivity contribution is 7.93. The van der Waals surface area contributed by atoms with Gasteiger partial charge in [0.15, 0.2) is 5.25 Å². The first-order valence-corrected chi connectivity index (χ1v) is 7.77. The van der Waals surface area contributed by atoms with Crippen LogP contribution in [0.4, 0.5) is 5.69 Å². The second-order valence-corrected chi connectivity index (χ2v) is 7.33. The van der Waals surface area contributed by atoms with Gasteiger partial charge in [-0.05, 0) is 23.5 Å². The van der Waals surface area contributed by atoms with Gasteiger partial charge in [-0.15, -0.1) is 0 Å². The van der Waals surface area contributed by atoms with E-state index in [1.54, 1.807) is 19.1 Å². The number of nitriles is 1. The van der Waals surface area contributed by atoms with Gasteiger partial charge < -0.3 is 0 Å². The van der Waals surface area contributed by atoms with Crippen LogP contribution in [-0.4, -0.2) is 13.7 Å². The summed E-state index contributed by atoms with van der Waals surface area (Å²) in [7, 11) is -3.67. The fraction of sp³-hybridized carbons (Fsp3) is 0.500. The monoisotopic (exact) mass is 280 g/mol. The predicted molar refractivity (Wildman–Crippen MR) is 77.4 cm³/mol. The minimum absolute atomic E-state index is 0.173.